The van der Waals surface area contributed by atoms with E-state index in [1.807, 2.05) is 24.3 Å². The minimum absolute atomic E-state index is 0.875. The van der Waals surface area contributed by atoms with E-state index >= 15 is 0 Å². The van der Waals surface area contributed by atoms with E-state index in [1.54, 1.807) is 0 Å². The van der Waals surface area contributed by atoms with E-state index in [4.69, 9.17) is 14.4 Å². The summed E-state index contributed by atoms with van der Waals surface area (Å²) in [6.45, 7) is 0. The van der Waals surface area contributed by atoms with Crippen LogP contribution in [0.25, 0.3) is 93.2 Å². The molecule has 0 amide bonds. The van der Waals surface area contributed by atoms with Gasteiger partial charge in [0.05, 0.1) is 27.5 Å². The zero-order valence-electron chi connectivity index (χ0n) is 21.2. The van der Waals surface area contributed by atoms with Crippen molar-refractivity contribution in [3.63, 3.8) is 0 Å². The van der Waals surface area contributed by atoms with Gasteiger partial charge in [-0.1, -0.05) is 78.9 Å². The van der Waals surface area contributed by atoms with Gasteiger partial charge in [-0.2, -0.15) is 0 Å². The van der Waals surface area contributed by atoms with E-state index in [-0.39, 0.29) is 0 Å². The van der Waals surface area contributed by atoms with Crippen molar-refractivity contribution in [1.29, 1.82) is 0 Å². The summed E-state index contributed by atoms with van der Waals surface area (Å²) in [6.07, 6.45) is 0. The maximum Gasteiger partial charge on any atom is 0.165 e. The molecule has 0 fully saturated rings. The molecule has 0 saturated heterocycles. The van der Waals surface area contributed by atoms with Gasteiger partial charge in [0.2, 0.25) is 0 Å². The molecule has 0 atom stereocenters. The van der Waals surface area contributed by atoms with Crippen molar-refractivity contribution in [2.45, 2.75) is 0 Å². The first-order chi connectivity index (χ1) is 19.8. The molecule has 40 heavy (non-hydrogen) atoms. The van der Waals surface area contributed by atoms with Gasteiger partial charge in [-0.05, 0) is 58.3 Å². The van der Waals surface area contributed by atoms with E-state index in [1.165, 1.54) is 27.1 Å². The topological polar surface area (TPSA) is 43.3 Å². The molecule has 4 heterocycles. The third-order valence-electron chi connectivity index (χ3n) is 8.50. The van der Waals surface area contributed by atoms with Gasteiger partial charge in [0.1, 0.15) is 16.7 Å². The first-order valence-electron chi connectivity index (χ1n) is 13.5. The number of hydrogen-bond donors (Lipinski definition) is 0. The fourth-order valence-electron chi connectivity index (χ4n) is 6.79. The molecule has 0 saturated carbocycles. The molecule has 0 aliphatic carbocycles. The monoisotopic (exact) mass is 509 g/mol. The molecule has 0 bridgehead atoms. The third kappa shape index (κ3) is 2.46. The minimum atomic E-state index is 0.875. The SMILES string of the molecule is c1ccc2c(-c3ccc4c(c3)oc3ccc5c6cccc7c8nc9ccccc9nc8n(c67)c5c34)cccc2c1. The van der Waals surface area contributed by atoms with E-state index in [2.05, 4.69) is 95.4 Å². The summed E-state index contributed by atoms with van der Waals surface area (Å²) in [6, 6.07) is 40.5. The van der Waals surface area contributed by atoms with Gasteiger partial charge in [-0.15, -0.1) is 0 Å². The van der Waals surface area contributed by atoms with E-state index < -0.39 is 0 Å². The van der Waals surface area contributed by atoms with Crippen molar-refractivity contribution in [3.05, 3.63) is 115 Å². The Bertz CT molecular complexity index is 2650. The van der Waals surface area contributed by atoms with Crippen LogP contribution >= 0.6 is 0 Å². The molecule has 0 N–H and O–H groups in total. The Kier molecular flexibility index (Phi) is 3.65. The first kappa shape index (κ1) is 20.5. The standard InChI is InChI=1S/C36H19N3O/c1-2-9-22-20(7-1)8-5-10-23(22)21-15-16-26-31(19-21)40-30-18-17-25-24-11-6-12-27-33-36(39(34(24)27)35(25)32(26)30)38-29-14-4-3-13-28(29)37-33/h1-19H. The summed E-state index contributed by atoms with van der Waals surface area (Å²) >= 11 is 0. The van der Waals surface area contributed by atoms with Crippen molar-refractivity contribution >= 4 is 82.1 Å². The highest BCUT2D eigenvalue weighted by molar-refractivity contribution is 6.29. The maximum absolute atomic E-state index is 6.56. The highest BCUT2D eigenvalue weighted by atomic mass is 16.3. The normalized spacial score (nSPS) is 12.5. The molecule has 0 radical (unpaired) electrons. The molecule has 0 aliphatic rings. The van der Waals surface area contributed by atoms with Crippen LogP contribution in [0.2, 0.25) is 0 Å². The Balaban J connectivity index is 1.35. The van der Waals surface area contributed by atoms with Crippen molar-refractivity contribution in [3.8, 4) is 11.1 Å². The summed E-state index contributed by atoms with van der Waals surface area (Å²) in [5.74, 6) is 0. The number of para-hydroxylation sites is 3. The number of furan rings is 1. The summed E-state index contributed by atoms with van der Waals surface area (Å²) < 4.78 is 8.87. The zero-order chi connectivity index (χ0) is 25.9. The summed E-state index contributed by atoms with van der Waals surface area (Å²) in [7, 11) is 0. The lowest BCUT2D eigenvalue weighted by Gasteiger charge is -2.07. The van der Waals surface area contributed by atoms with Crippen molar-refractivity contribution < 1.29 is 4.42 Å². The number of aromatic nitrogens is 3. The lowest BCUT2D eigenvalue weighted by atomic mass is 9.97. The Labute approximate surface area is 227 Å². The second-order valence-electron chi connectivity index (χ2n) is 10.6. The van der Waals surface area contributed by atoms with Gasteiger partial charge < -0.3 is 4.42 Å². The molecular weight excluding hydrogens is 490 g/mol. The highest BCUT2D eigenvalue weighted by Crippen LogP contribution is 2.44. The van der Waals surface area contributed by atoms with Crippen LogP contribution < -0.4 is 0 Å². The van der Waals surface area contributed by atoms with Crippen LogP contribution in [0.4, 0.5) is 0 Å². The number of nitrogens with zero attached hydrogens (tertiary/aromatic N) is 3. The number of rotatable bonds is 1. The van der Waals surface area contributed by atoms with E-state index in [9.17, 15) is 0 Å². The van der Waals surface area contributed by atoms with Crippen LogP contribution in [0.1, 0.15) is 0 Å². The molecule has 4 aromatic heterocycles. The van der Waals surface area contributed by atoms with Gasteiger partial charge in [-0.25, -0.2) is 9.97 Å². The number of fused-ring (bicyclic) bond motifs is 12. The average Bonchev–Trinajstić information content (AvgIpc) is 3.65. The summed E-state index contributed by atoms with van der Waals surface area (Å²) in [4.78, 5) is 10.2. The van der Waals surface area contributed by atoms with Crippen molar-refractivity contribution in [1.82, 2.24) is 14.4 Å². The van der Waals surface area contributed by atoms with Gasteiger partial charge in [0.25, 0.3) is 0 Å². The van der Waals surface area contributed by atoms with Crippen LogP contribution in [-0.4, -0.2) is 14.4 Å². The minimum Gasteiger partial charge on any atom is -0.456 e. The average molecular weight is 510 g/mol. The molecular formula is C36H19N3O. The van der Waals surface area contributed by atoms with Crippen LogP contribution in [0.15, 0.2) is 120 Å². The molecule has 6 aromatic carbocycles. The van der Waals surface area contributed by atoms with E-state index in [0.717, 1.165) is 66.1 Å². The molecule has 0 spiro atoms. The van der Waals surface area contributed by atoms with Gasteiger partial charge in [-0.3, -0.25) is 4.40 Å². The third-order valence-corrected chi connectivity index (χ3v) is 8.50. The molecule has 4 heteroatoms. The van der Waals surface area contributed by atoms with Crippen LogP contribution in [0.3, 0.4) is 0 Å². The Morgan fingerprint density at radius 3 is 2.20 bits per heavy atom. The second kappa shape index (κ2) is 7.13. The van der Waals surface area contributed by atoms with Crippen LogP contribution in [-0.2, 0) is 0 Å². The van der Waals surface area contributed by atoms with Crippen LogP contribution in [0, 0.1) is 0 Å². The largest absolute Gasteiger partial charge is 0.456 e. The quantitative estimate of drug-likeness (QED) is 0.221. The molecule has 0 aliphatic heterocycles. The predicted molar refractivity (Wildman–Crippen MR) is 164 cm³/mol. The second-order valence-corrected chi connectivity index (χ2v) is 10.6. The van der Waals surface area contributed by atoms with E-state index in [0.29, 0.717) is 0 Å². The predicted octanol–water partition coefficient (Wildman–Crippen LogP) is 9.50. The fourth-order valence-corrected chi connectivity index (χ4v) is 6.79. The molecule has 10 aromatic rings. The Morgan fingerprint density at radius 2 is 1.25 bits per heavy atom. The smallest absolute Gasteiger partial charge is 0.165 e. The highest BCUT2D eigenvalue weighted by Gasteiger charge is 2.23. The fraction of sp³-hybridized carbons (Fsp3) is 0. The number of benzene rings is 6. The Morgan fingerprint density at radius 1 is 0.525 bits per heavy atom. The van der Waals surface area contributed by atoms with Gasteiger partial charge in [0.15, 0.2) is 5.65 Å². The van der Waals surface area contributed by atoms with Gasteiger partial charge >= 0.3 is 0 Å². The Hall–Kier alpha value is -5.48. The van der Waals surface area contributed by atoms with Crippen molar-refractivity contribution in [2.75, 3.05) is 0 Å². The summed E-state index contributed by atoms with van der Waals surface area (Å²) in [5.41, 5.74) is 10.0. The first-order valence-corrected chi connectivity index (χ1v) is 13.5. The molecule has 184 valence electrons. The summed E-state index contributed by atoms with van der Waals surface area (Å²) in [5, 5.41) is 8.22. The lowest BCUT2D eigenvalue weighted by molar-refractivity contribution is 0.669. The molecule has 4 nitrogen and oxygen atoms in total. The number of hydrogen-bond acceptors (Lipinski definition) is 3. The van der Waals surface area contributed by atoms with Gasteiger partial charge in [0, 0.05) is 21.5 Å². The lowest BCUT2D eigenvalue weighted by Crippen LogP contribution is -1.89. The maximum atomic E-state index is 6.56. The van der Waals surface area contributed by atoms with Crippen molar-refractivity contribution in [2.24, 2.45) is 0 Å². The molecule has 10 rings (SSSR count). The van der Waals surface area contributed by atoms with Crippen LogP contribution in [0.5, 0.6) is 0 Å². The molecule has 0 unspecified atom stereocenters. The zero-order valence-corrected chi connectivity index (χ0v) is 21.2.